The number of rotatable bonds is 8. The maximum absolute atomic E-state index is 13.5. The number of methoxy groups -OCH3 is 1. The summed E-state index contributed by atoms with van der Waals surface area (Å²) in [6.45, 7) is 3.50. The van der Waals surface area contributed by atoms with E-state index in [0.29, 0.717) is 32.8 Å². The van der Waals surface area contributed by atoms with Crippen LogP contribution in [0.25, 0.3) is 6.08 Å². The third kappa shape index (κ3) is 6.43. The van der Waals surface area contributed by atoms with Crippen LogP contribution in [0.3, 0.4) is 0 Å². The Morgan fingerprint density at radius 1 is 1.13 bits per heavy atom. The number of anilines is 1. The number of aryl methyl sites for hydroxylation is 2. The molecule has 3 amide bonds. The molecule has 0 aliphatic carbocycles. The highest BCUT2D eigenvalue weighted by Crippen LogP contribution is 2.39. The second-order valence-corrected chi connectivity index (χ2v) is 10.4. The SMILES string of the molecule is COc1cc(/C=C2/SC(=O)N(CC(=O)Nc3cc(C)ccc3C)C2=O)cc(Br)c1OCc1cccc(F)c1. The van der Waals surface area contributed by atoms with Crippen LogP contribution in [-0.2, 0) is 16.2 Å². The number of carbonyl (C=O) groups is 3. The number of halogens is 2. The van der Waals surface area contributed by atoms with E-state index in [1.54, 1.807) is 30.3 Å². The first-order valence-electron chi connectivity index (χ1n) is 11.5. The molecule has 1 fully saturated rings. The lowest BCUT2D eigenvalue weighted by Gasteiger charge is -2.14. The van der Waals surface area contributed by atoms with Crippen molar-refractivity contribution in [2.45, 2.75) is 20.5 Å². The summed E-state index contributed by atoms with van der Waals surface area (Å²) >= 11 is 4.22. The first-order valence-corrected chi connectivity index (χ1v) is 13.1. The minimum Gasteiger partial charge on any atom is -0.493 e. The Morgan fingerprint density at radius 3 is 2.66 bits per heavy atom. The maximum atomic E-state index is 13.5. The lowest BCUT2D eigenvalue weighted by Crippen LogP contribution is -2.36. The number of hydrogen-bond donors (Lipinski definition) is 1. The zero-order chi connectivity index (χ0) is 27.4. The minimum atomic E-state index is -0.558. The summed E-state index contributed by atoms with van der Waals surface area (Å²) in [4.78, 5) is 39.2. The van der Waals surface area contributed by atoms with E-state index in [0.717, 1.165) is 27.8 Å². The standard InChI is InChI=1S/C28H24BrFN2O5S/c1-16-7-8-17(2)22(9-16)31-25(33)14-32-27(34)24(38-28(32)35)13-19-11-21(29)26(23(12-19)36-3)37-15-18-5-4-6-20(30)10-18/h4-13H,14-15H2,1-3H3,(H,31,33)/b24-13+. The van der Waals surface area contributed by atoms with E-state index < -0.39 is 23.6 Å². The number of ether oxygens (including phenoxy) is 2. The van der Waals surface area contributed by atoms with E-state index >= 15 is 0 Å². The summed E-state index contributed by atoms with van der Waals surface area (Å²) in [5.41, 5.74) is 3.72. The van der Waals surface area contributed by atoms with Crippen LogP contribution in [0.1, 0.15) is 22.3 Å². The van der Waals surface area contributed by atoms with Gasteiger partial charge in [-0.1, -0.05) is 24.3 Å². The first-order chi connectivity index (χ1) is 18.1. The monoisotopic (exact) mass is 598 g/mol. The number of amides is 3. The smallest absolute Gasteiger partial charge is 0.294 e. The van der Waals surface area contributed by atoms with Crippen molar-refractivity contribution < 1.29 is 28.2 Å². The number of thioether (sulfide) groups is 1. The molecule has 1 N–H and O–H groups in total. The van der Waals surface area contributed by atoms with Crippen molar-refractivity contribution in [3.8, 4) is 11.5 Å². The van der Waals surface area contributed by atoms with Gasteiger partial charge in [0, 0.05) is 5.69 Å². The van der Waals surface area contributed by atoms with E-state index in [1.165, 1.54) is 19.2 Å². The van der Waals surface area contributed by atoms with E-state index in [4.69, 9.17) is 9.47 Å². The van der Waals surface area contributed by atoms with Crippen LogP contribution < -0.4 is 14.8 Å². The fraction of sp³-hybridized carbons (Fsp3) is 0.179. The zero-order valence-electron chi connectivity index (χ0n) is 20.8. The third-order valence-electron chi connectivity index (χ3n) is 5.66. The summed E-state index contributed by atoms with van der Waals surface area (Å²) < 4.78 is 25.3. The summed E-state index contributed by atoms with van der Waals surface area (Å²) in [5, 5.41) is 2.24. The number of carbonyl (C=O) groups excluding carboxylic acids is 3. The molecule has 1 aliphatic heterocycles. The van der Waals surface area contributed by atoms with Crippen molar-refractivity contribution in [3.63, 3.8) is 0 Å². The molecule has 4 rings (SSSR count). The molecule has 0 radical (unpaired) electrons. The van der Waals surface area contributed by atoms with Gasteiger partial charge in [0.1, 0.15) is 19.0 Å². The minimum absolute atomic E-state index is 0.120. The van der Waals surface area contributed by atoms with Crippen molar-refractivity contribution in [3.05, 3.63) is 92.0 Å². The van der Waals surface area contributed by atoms with Gasteiger partial charge >= 0.3 is 0 Å². The maximum Gasteiger partial charge on any atom is 0.294 e. The van der Waals surface area contributed by atoms with Crippen molar-refractivity contribution in [2.24, 2.45) is 0 Å². The van der Waals surface area contributed by atoms with Crippen LogP contribution >= 0.6 is 27.7 Å². The Hall–Kier alpha value is -3.63. The van der Waals surface area contributed by atoms with Gasteiger partial charge < -0.3 is 14.8 Å². The second kappa shape index (κ2) is 11.8. The van der Waals surface area contributed by atoms with Gasteiger partial charge in [0.05, 0.1) is 16.5 Å². The Labute approximate surface area is 232 Å². The lowest BCUT2D eigenvalue weighted by atomic mass is 10.1. The Bertz CT molecular complexity index is 1460. The van der Waals surface area contributed by atoms with E-state index in [9.17, 15) is 18.8 Å². The van der Waals surface area contributed by atoms with Crippen molar-refractivity contribution in [2.75, 3.05) is 19.0 Å². The highest BCUT2D eigenvalue weighted by molar-refractivity contribution is 9.10. The number of hydrogen-bond acceptors (Lipinski definition) is 6. The van der Waals surface area contributed by atoms with E-state index in [2.05, 4.69) is 21.2 Å². The Morgan fingerprint density at radius 2 is 1.92 bits per heavy atom. The van der Waals surface area contributed by atoms with E-state index in [1.807, 2.05) is 32.0 Å². The fourth-order valence-corrected chi connectivity index (χ4v) is 5.15. The van der Waals surface area contributed by atoms with Gasteiger partial charge in [-0.15, -0.1) is 0 Å². The molecule has 7 nitrogen and oxygen atoms in total. The molecule has 0 bridgehead atoms. The molecule has 38 heavy (non-hydrogen) atoms. The first kappa shape index (κ1) is 27.4. The van der Waals surface area contributed by atoms with Gasteiger partial charge in [-0.05, 0) is 100 Å². The van der Waals surface area contributed by atoms with Gasteiger partial charge in [0.25, 0.3) is 11.1 Å². The highest BCUT2D eigenvalue weighted by Gasteiger charge is 2.36. The van der Waals surface area contributed by atoms with Crippen LogP contribution in [0.15, 0.2) is 64.0 Å². The summed E-state index contributed by atoms with van der Waals surface area (Å²) in [6, 6.07) is 15.1. The van der Waals surface area contributed by atoms with Crippen LogP contribution in [0.2, 0.25) is 0 Å². The van der Waals surface area contributed by atoms with Gasteiger partial charge in [-0.2, -0.15) is 0 Å². The molecule has 0 atom stereocenters. The van der Waals surface area contributed by atoms with Crippen molar-refractivity contribution in [1.29, 1.82) is 0 Å². The molecule has 0 aromatic heterocycles. The van der Waals surface area contributed by atoms with Crippen LogP contribution in [-0.4, -0.2) is 35.6 Å². The van der Waals surface area contributed by atoms with Gasteiger partial charge in [0.15, 0.2) is 11.5 Å². The fourth-order valence-electron chi connectivity index (χ4n) is 3.74. The van der Waals surface area contributed by atoms with Crippen molar-refractivity contribution >= 4 is 56.5 Å². The number of imide groups is 1. The predicted octanol–water partition coefficient (Wildman–Crippen LogP) is 6.47. The predicted molar refractivity (Wildman–Crippen MR) is 149 cm³/mol. The van der Waals surface area contributed by atoms with Gasteiger partial charge in [-0.25, -0.2) is 4.39 Å². The molecule has 1 aliphatic rings. The summed E-state index contributed by atoms with van der Waals surface area (Å²) in [7, 11) is 1.48. The molecule has 10 heteroatoms. The molecular weight excluding hydrogens is 575 g/mol. The van der Waals surface area contributed by atoms with Crippen LogP contribution in [0.4, 0.5) is 14.9 Å². The molecule has 3 aromatic carbocycles. The number of nitrogens with one attached hydrogen (secondary N) is 1. The largest absolute Gasteiger partial charge is 0.493 e. The molecular formula is C28H24BrFN2O5S. The molecule has 3 aromatic rings. The highest BCUT2D eigenvalue weighted by atomic mass is 79.9. The number of nitrogens with zero attached hydrogens (tertiary/aromatic N) is 1. The molecule has 0 saturated carbocycles. The van der Waals surface area contributed by atoms with E-state index in [-0.39, 0.29) is 17.3 Å². The Balaban J connectivity index is 1.47. The average Bonchev–Trinajstić information content (AvgIpc) is 3.12. The molecule has 1 saturated heterocycles. The Kier molecular flexibility index (Phi) is 8.53. The molecule has 0 spiro atoms. The average molecular weight is 599 g/mol. The van der Waals surface area contributed by atoms with Gasteiger partial charge in [-0.3, -0.25) is 19.3 Å². The molecule has 196 valence electrons. The summed E-state index contributed by atoms with van der Waals surface area (Å²) in [5.74, 6) is -0.590. The molecule has 1 heterocycles. The summed E-state index contributed by atoms with van der Waals surface area (Å²) in [6.07, 6.45) is 1.55. The topological polar surface area (TPSA) is 84.9 Å². The normalized spacial score (nSPS) is 14.2. The zero-order valence-corrected chi connectivity index (χ0v) is 23.2. The molecule has 0 unspecified atom stereocenters. The quantitative estimate of drug-likeness (QED) is 0.299. The second-order valence-electron chi connectivity index (χ2n) is 8.59. The number of benzene rings is 3. The van der Waals surface area contributed by atoms with Gasteiger partial charge in [0.2, 0.25) is 5.91 Å². The van der Waals surface area contributed by atoms with Crippen molar-refractivity contribution in [1.82, 2.24) is 4.90 Å². The van der Waals surface area contributed by atoms with Crippen LogP contribution in [0.5, 0.6) is 11.5 Å². The third-order valence-corrected chi connectivity index (χ3v) is 7.16. The lowest BCUT2D eigenvalue weighted by molar-refractivity contribution is -0.127. The van der Waals surface area contributed by atoms with Crippen LogP contribution in [0, 0.1) is 19.7 Å².